The van der Waals surface area contributed by atoms with Crippen molar-refractivity contribution in [1.82, 2.24) is 0 Å². The van der Waals surface area contributed by atoms with Gasteiger partial charge in [-0.3, -0.25) is 9.96 Å². The third-order valence-electron chi connectivity index (χ3n) is 2.18. The van der Waals surface area contributed by atoms with Crippen LogP contribution in [0.4, 0.5) is 0 Å². The molecule has 0 unspecified atom stereocenters. The predicted octanol–water partition coefficient (Wildman–Crippen LogP) is 1.76. The Kier molecular flexibility index (Phi) is 8.38. The van der Waals surface area contributed by atoms with Crippen molar-refractivity contribution >= 4 is 36.9 Å². The normalized spacial score (nSPS) is 11.8. The van der Waals surface area contributed by atoms with Crippen LogP contribution < -0.4 is 5.73 Å². The second-order valence-electron chi connectivity index (χ2n) is 3.99. The SMILES string of the molecule is CCS(=O)(=O)C=CSC(=N)N.Cc1ccc(S(=O)(=O)O)cc1. The van der Waals surface area contributed by atoms with Crippen LogP contribution in [0.1, 0.15) is 12.5 Å². The van der Waals surface area contributed by atoms with Crippen molar-refractivity contribution in [2.24, 2.45) is 5.73 Å². The Morgan fingerprint density at radius 2 is 1.77 bits per heavy atom. The van der Waals surface area contributed by atoms with Crippen LogP contribution in [0, 0.1) is 12.3 Å². The van der Waals surface area contributed by atoms with Gasteiger partial charge in [0.25, 0.3) is 10.1 Å². The zero-order valence-electron chi connectivity index (χ0n) is 12.1. The Morgan fingerprint density at radius 1 is 1.27 bits per heavy atom. The van der Waals surface area contributed by atoms with Gasteiger partial charge in [0.1, 0.15) is 0 Å². The van der Waals surface area contributed by atoms with E-state index in [4.69, 9.17) is 15.7 Å². The van der Waals surface area contributed by atoms with Crippen molar-refractivity contribution in [3.63, 3.8) is 0 Å². The van der Waals surface area contributed by atoms with Gasteiger partial charge < -0.3 is 5.73 Å². The minimum Gasteiger partial charge on any atom is -0.378 e. The summed E-state index contributed by atoms with van der Waals surface area (Å²) in [5, 5.41) is 8.98. The average molecular weight is 366 g/mol. The van der Waals surface area contributed by atoms with E-state index in [9.17, 15) is 16.8 Å². The van der Waals surface area contributed by atoms with Gasteiger partial charge in [-0.1, -0.05) is 36.4 Å². The molecule has 0 aliphatic rings. The quantitative estimate of drug-likeness (QED) is 0.419. The summed E-state index contributed by atoms with van der Waals surface area (Å²) in [7, 11) is -7.09. The summed E-state index contributed by atoms with van der Waals surface area (Å²) < 4.78 is 51.1. The fraction of sp³-hybridized carbons (Fsp3) is 0.250. The summed E-state index contributed by atoms with van der Waals surface area (Å²) in [6.45, 7) is 3.39. The van der Waals surface area contributed by atoms with Crippen molar-refractivity contribution in [3.05, 3.63) is 40.6 Å². The monoisotopic (exact) mass is 366 g/mol. The van der Waals surface area contributed by atoms with Gasteiger partial charge in [0, 0.05) is 5.41 Å². The lowest BCUT2D eigenvalue weighted by Gasteiger charge is -1.95. The molecule has 0 atom stereocenters. The van der Waals surface area contributed by atoms with Gasteiger partial charge in [0.05, 0.1) is 10.6 Å². The number of thioether (sulfide) groups is 1. The minimum atomic E-state index is -4.02. The number of benzene rings is 1. The number of nitrogens with one attached hydrogen (secondary N) is 1. The molecule has 0 fully saturated rings. The molecule has 1 aromatic rings. The van der Waals surface area contributed by atoms with E-state index in [0.717, 1.165) is 22.7 Å². The molecule has 0 aliphatic carbocycles. The summed E-state index contributed by atoms with van der Waals surface area (Å²) in [6.07, 6.45) is 0. The number of rotatable bonds is 4. The third kappa shape index (κ3) is 9.55. The van der Waals surface area contributed by atoms with Gasteiger partial charge >= 0.3 is 0 Å². The maximum Gasteiger partial charge on any atom is 0.294 e. The smallest absolute Gasteiger partial charge is 0.294 e. The molecule has 0 aromatic heterocycles. The zero-order chi connectivity index (χ0) is 17.4. The highest BCUT2D eigenvalue weighted by Gasteiger charge is 2.06. The second-order valence-corrected chi connectivity index (χ2v) is 8.54. The number of nitrogens with two attached hydrogens (primary N) is 1. The van der Waals surface area contributed by atoms with Crippen LogP contribution in [0.15, 0.2) is 40.0 Å². The van der Waals surface area contributed by atoms with Crippen LogP contribution in [0.2, 0.25) is 0 Å². The van der Waals surface area contributed by atoms with Crippen molar-refractivity contribution in [2.75, 3.05) is 5.75 Å². The van der Waals surface area contributed by atoms with Crippen molar-refractivity contribution in [2.45, 2.75) is 18.7 Å². The van der Waals surface area contributed by atoms with Gasteiger partial charge in [0.2, 0.25) is 0 Å². The van der Waals surface area contributed by atoms with Crippen molar-refractivity contribution in [1.29, 1.82) is 5.41 Å². The van der Waals surface area contributed by atoms with Crippen LogP contribution in [0.25, 0.3) is 0 Å². The largest absolute Gasteiger partial charge is 0.378 e. The summed E-state index contributed by atoms with van der Waals surface area (Å²) in [4.78, 5) is -0.0666. The van der Waals surface area contributed by atoms with Gasteiger partial charge in [-0.2, -0.15) is 8.42 Å². The summed E-state index contributed by atoms with van der Waals surface area (Å²) in [5.74, 6) is 0.0714. The molecule has 10 heteroatoms. The molecule has 124 valence electrons. The minimum absolute atomic E-state index is 0.0666. The third-order valence-corrected chi connectivity index (χ3v) is 5.10. The highest BCUT2D eigenvalue weighted by atomic mass is 32.2. The van der Waals surface area contributed by atoms with Crippen molar-refractivity contribution in [3.8, 4) is 0 Å². The Labute approximate surface area is 134 Å². The molecule has 22 heavy (non-hydrogen) atoms. The first-order chi connectivity index (χ1) is 9.98. The number of sulfone groups is 1. The molecule has 0 aliphatic heterocycles. The van der Waals surface area contributed by atoms with Gasteiger partial charge in [-0.15, -0.1) is 0 Å². The molecule has 1 rings (SSSR count). The van der Waals surface area contributed by atoms with E-state index in [0.29, 0.717) is 0 Å². The van der Waals surface area contributed by atoms with Gasteiger partial charge in [-0.05, 0) is 24.5 Å². The first-order valence-corrected chi connectivity index (χ1v) is 9.95. The fourth-order valence-corrected chi connectivity index (χ4v) is 2.71. The Morgan fingerprint density at radius 3 is 2.14 bits per heavy atom. The molecule has 0 radical (unpaired) electrons. The number of hydrogen-bond acceptors (Lipinski definition) is 6. The molecule has 7 nitrogen and oxygen atoms in total. The number of aryl methyl sites for hydroxylation is 1. The Bertz CT molecular complexity index is 723. The lowest BCUT2D eigenvalue weighted by molar-refractivity contribution is 0.483. The second kappa shape index (κ2) is 8.93. The maximum absolute atomic E-state index is 10.8. The molecule has 4 N–H and O–H groups in total. The van der Waals surface area contributed by atoms with E-state index < -0.39 is 20.0 Å². The molecule has 0 amide bonds. The zero-order valence-corrected chi connectivity index (χ0v) is 14.5. The number of amidine groups is 1. The Hall–Kier alpha value is -1.36. The van der Waals surface area contributed by atoms with E-state index in [1.807, 2.05) is 6.92 Å². The predicted molar refractivity (Wildman–Crippen MR) is 89.1 cm³/mol. The van der Waals surface area contributed by atoms with E-state index in [2.05, 4.69) is 0 Å². The van der Waals surface area contributed by atoms with E-state index in [1.165, 1.54) is 17.5 Å². The van der Waals surface area contributed by atoms with Crippen LogP contribution >= 0.6 is 11.8 Å². The summed E-state index contributed by atoms with van der Waals surface area (Å²) in [6, 6.07) is 5.99. The molecule has 1 aromatic carbocycles. The highest BCUT2D eigenvalue weighted by Crippen LogP contribution is 2.08. The highest BCUT2D eigenvalue weighted by molar-refractivity contribution is 8.16. The fourth-order valence-electron chi connectivity index (χ4n) is 0.992. The Balaban J connectivity index is 0.000000401. The first-order valence-electron chi connectivity index (χ1n) is 5.92. The van der Waals surface area contributed by atoms with E-state index in [1.54, 1.807) is 19.1 Å². The van der Waals surface area contributed by atoms with Crippen LogP contribution in [-0.4, -0.2) is 32.3 Å². The molecule has 0 saturated carbocycles. The summed E-state index contributed by atoms with van der Waals surface area (Å²) in [5.41, 5.74) is 5.92. The molecule has 0 bridgehead atoms. The van der Waals surface area contributed by atoms with Crippen molar-refractivity contribution < 1.29 is 21.4 Å². The molecule has 0 heterocycles. The van der Waals surface area contributed by atoms with Gasteiger partial charge in [-0.25, -0.2) is 8.42 Å². The molecule has 0 spiro atoms. The number of hydrogen-bond donors (Lipinski definition) is 3. The summed E-state index contributed by atoms with van der Waals surface area (Å²) >= 11 is 0.875. The van der Waals surface area contributed by atoms with Gasteiger partial charge in [0.15, 0.2) is 15.0 Å². The topological polar surface area (TPSA) is 138 Å². The first kappa shape index (κ1) is 20.6. The standard InChI is InChI=1S/C7H8O3S.C5H10N2O2S2/c1-6-2-4-7(5-3-6)11(8,9)10;1-2-11(8,9)4-3-10-5(6)7/h2-5H,1H3,(H,8,9,10);3-4H,2H2,1H3,(H3,6,7). The maximum atomic E-state index is 10.8. The van der Waals surface area contributed by atoms with E-state index in [-0.39, 0.29) is 15.8 Å². The van der Waals surface area contributed by atoms with Crippen LogP contribution in [0.3, 0.4) is 0 Å². The molecular weight excluding hydrogens is 348 g/mol. The lowest BCUT2D eigenvalue weighted by atomic mass is 10.2. The molecular formula is C12H18N2O5S3. The van der Waals surface area contributed by atoms with E-state index >= 15 is 0 Å². The van der Waals surface area contributed by atoms with Crippen LogP contribution in [-0.2, 0) is 20.0 Å². The van der Waals surface area contributed by atoms with Crippen LogP contribution in [0.5, 0.6) is 0 Å². The average Bonchev–Trinajstić information content (AvgIpc) is 2.38. The molecule has 0 saturated heterocycles. The lowest BCUT2D eigenvalue weighted by Crippen LogP contribution is -2.02.